The van der Waals surface area contributed by atoms with Gasteiger partial charge in [0.1, 0.15) is 0 Å². The van der Waals surface area contributed by atoms with Crippen LogP contribution in [-0.4, -0.2) is 33.6 Å². The first-order valence-electron chi connectivity index (χ1n) is 12.4. The van der Waals surface area contributed by atoms with Crippen molar-refractivity contribution in [2.45, 2.75) is 77.0 Å². The molecule has 192 valence electrons. The Labute approximate surface area is 209 Å². The van der Waals surface area contributed by atoms with Crippen molar-refractivity contribution >= 4 is 27.6 Å². The van der Waals surface area contributed by atoms with E-state index in [0.717, 1.165) is 56.9 Å². The van der Waals surface area contributed by atoms with Crippen LogP contribution < -0.4 is 4.72 Å². The third-order valence-corrected chi connectivity index (χ3v) is 6.78. The second-order valence-electron chi connectivity index (χ2n) is 8.61. The van der Waals surface area contributed by atoms with Gasteiger partial charge >= 0.3 is 11.9 Å². The minimum atomic E-state index is -4.07. The van der Waals surface area contributed by atoms with E-state index in [0.29, 0.717) is 5.69 Å². The maximum atomic E-state index is 13.1. The average molecular weight is 504 g/mol. The first kappa shape index (κ1) is 28.4. The highest BCUT2D eigenvalue weighted by Crippen LogP contribution is 2.21. The van der Waals surface area contributed by atoms with Crippen molar-refractivity contribution in [1.82, 2.24) is 0 Å². The molecule has 0 aliphatic heterocycles. The molecule has 2 rings (SSSR count). The van der Waals surface area contributed by atoms with Gasteiger partial charge in [-0.1, -0.05) is 64.5 Å². The zero-order chi connectivity index (χ0) is 25.7. The van der Waals surface area contributed by atoms with Crippen molar-refractivity contribution in [1.29, 1.82) is 0 Å². The lowest BCUT2D eigenvalue weighted by molar-refractivity contribution is 0.0495. The third kappa shape index (κ3) is 9.72. The Balaban J connectivity index is 2.26. The molecule has 0 unspecified atom stereocenters. The monoisotopic (exact) mass is 503 g/mol. The van der Waals surface area contributed by atoms with Crippen LogP contribution in [0.1, 0.15) is 91.5 Å². The van der Waals surface area contributed by atoms with Crippen LogP contribution in [0.15, 0.2) is 47.4 Å². The normalized spacial score (nSPS) is 11.2. The Hall–Kier alpha value is -2.87. The highest BCUT2D eigenvalue weighted by Gasteiger charge is 2.22. The molecule has 0 radical (unpaired) electrons. The summed E-state index contributed by atoms with van der Waals surface area (Å²) >= 11 is 0. The Morgan fingerprint density at radius 2 is 1.31 bits per heavy atom. The van der Waals surface area contributed by atoms with Crippen molar-refractivity contribution < 1.29 is 27.5 Å². The molecule has 2 aromatic carbocycles. The molecule has 0 atom stereocenters. The largest absolute Gasteiger partial charge is 0.462 e. The summed E-state index contributed by atoms with van der Waals surface area (Å²) in [5.74, 6) is -1.35. The van der Waals surface area contributed by atoms with Gasteiger partial charge in [-0.05, 0) is 55.7 Å². The third-order valence-electron chi connectivity index (χ3n) is 5.42. The van der Waals surface area contributed by atoms with Gasteiger partial charge in [-0.15, -0.1) is 0 Å². The summed E-state index contributed by atoms with van der Waals surface area (Å²) in [5.41, 5.74) is 1.25. The lowest BCUT2D eigenvalue weighted by atomic mass is 10.1. The molecular formula is C27H37NO6S. The summed E-state index contributed by atoms with van der Waals surface area (Å²) in [7, 11) is -4.07. The highest BCUT2D eigenvalue weighted by atomic mass is 32.2. The first-order chi connectivity index (χ1) is 16.8. The van der Waals surface area contributed by atoms with E-state index in [9.17, 15) is 18.0 Å². The number of unbranched alkanes of at least 4 members (excludes halogenated alkanes) is 6. The second kappa shape index (κ2) is 14.5. The SMILES string of the molecule is CCCCCCOC(=O)c1cc(C(=O)OCCCCCC)cc(S(=O)(=O)Nc2cccc(C)c2)c1. The number of carbonyl (C=O) groups is 2. The number of ether oxygens (including phenoxy) is 2. The fourth-order valence-corrected chi connectivity index (χ4v) is 4.59. The number of hydrogen-bond acceptors (Lipinski definition) is 6. The van der Waals surface area contributed by atoms with Crippen LogP contribution in [0, 0.1) is 6.92 Å². The zero-order valence-electron chi connectivity index (χ0n) is 21.0. The summed E-state index contributed by atoms with van der Waals surface area (Å²) in [6.45, 7) is 6.49. The van der Waals surface area contributed by atoms with E-state index in [1.807, 2.05) is 13.0 Å². The fourth-order valence-electron chi connectivity index (χ4n) is 3.47. The van der Waals surface area contributed by atoms with Gasteiger partial charge < -0.3 is 9.47 Å². The number of anilines is 1. The lowest BCUT2D eigenvalue weighted by Crippen LogP contribution is -2.17. The van der Waals surface area contributed by atoms with Crippen LogP contribution in [0.4, 0.5) is 5.69 Å². The van der Waals surface area contributed by atoms with Gasteiger partial charge in [0.05, 0.1) is 29.2 Å². The summed E-state index contributed by atoms with van der Waals surface area (Å²) in [6, 6.07) is 10.7. The molecule has 7 nitrogen and oxygen atoms in total. The smallest absolute Gasteiger partial charge is 0.338 e. The lowest BCUT2D eigenvalue weighted by Gasteiger charge is -2.12. The number of sulfonamides is 1. The Bertz CT molecular complexity index is 1040. The van der Waals surface area contributed by atoms with Crippen molar-refractivity contribution in [3.63, 3.8) is 0 Å². The van der Waals surface area contributed by atoms with E-state index >= 15 is 0 Å². The molecule has 0 fully saturated rings. The van der Waals surface area contributed by atoms with E-state index < -0.39 is 22.0 Å². The predicted octanol–water partition coefficient (Wildman–Crippen LogP) is 6.27. The fraction of sp³-hybridized carbons (Fsp3) is 0.481. The van der Waals surface area contributed by atoms with E-state index in [1.165, 1.54) is 18.2 Å². The predicted molar refractivity (Wildman–Crippen MR) is 137 cm³/mol. The van der Waals surface area contributed by atoms with Gasteiger partial charge in [-0.2, -0.15) is 0 Å². The number of benzene rings is 2. The van der Waals surface area contributed by atoms with E-state index in [-0.39, 0.29) is 29.2 Å². The molecule has 0 amide bonds. The number of nitrogens with one attached hydrogen (secondary N) is 1. The minimum Gasteiger partial charge on any atom is -0.462 e. The number of hydrogen-bond donors (Lipinski definition) is 1. The van der Waals surface area contributed by atoms with Crippen molar-refractivity contribution in [2.75, 3.05) is 17.9 Å². The maximum Gasteiger partial charge on any atom is 0.338 e. The molecule has 0 heterocycles. The molecule has 0 saturated heterocycles. The van der Waals surface area contributed by atoms with Crippen LogP contribution in [-0.2, 0) is 19.5 Å². The van der Waals surface area contributed by atoms with Gasteiger partial charge in [0.15, 0.2) is 0 Å². The molecular weight excluding hydrogens is 466 g/mol. The highest BCUT2D eigenvalue weighted by molar-refractivity contribution is 7.92. The van der Waals surface area contributed by atoms with Crippen LogP contribution in [0.5, 0.6) is 0 Å². The Morgan fingerprint density at radius 3 is 1.80 bits per heavy atom. The summed E-state index contributed by atoms with van der Waals surface area (Å²) in [4.78, 5) is 25.1. The first-order valence-corrected chi connectivity index (χ1v) is 13.8. The second-order valence-corrected chi connectivity index (χ2v) is 10.3. The minimum absolute atomic E-state index is 0.00876. The van der Waals surface area contributed by atoms with E-state index in [2.05, 4.69) is 18.6 Å². The Kier molecular flexibility index (Phi) is 11.8. The Morgan fingerprint density at radius 1 is 0.771 bits per heavy atom. The van der Waals surface area contributed by atoms with Crippen molar-refractivity contribution in [3.8, 4) is 0 Å². The number of esters is 2. The van der Waals surface area contributed by atoms with E-state index in [4.69, 9.17) is 9.47 Å². The van der Waals surface area contributed by atoms with E-state index in [1.54, 1.807) is 18.2 Å². The maximum absolute atomic E-state index is 13.1. The average Bonchev–Trinajstić information content (AvgIpc) is 2.83. The van der Waals surface area contributed by atoms with Gasteiger partial charge in [-0.25, -0.2) is 18.0 Å². The summed E-state index contributed by atoms with van der Waals surface area (Å²) < 4.78 is 39.4. The molecule has 0 spiro atoms. The van der Waals surface area contributed by atoms with Gasteiger partial charge in [0.25, 0.3) is 10.0 Å². The zero-order valence-corrected chi connectivity index (χ0v) is 21.8. The summed E-state index contributed by atoms with van der Waals surface area (Å²) in [5, 5.41) is 0. The molecule has 2 aromatic rings. The summed E-state index contributed by atoms with van der Waals surface area (Å²) in [6.07, 6.45) is 7.53. The standard InChI is InChI=1S/C27H37NO6S/c1-4-6-8-10-15-33-26(29)22-18-23(27(30)34-16-11-9-7-5-2)20-25(19-22)35(31,32)28-24-14-12-13-21(3)17-24/h12-14,17-20,28H,4-11,15-16H2,1-3H3. The quantitative estimate of drug-likeness (QED) is 0.227. The molecule has 0 saturated carbocycles. The van der Waals surface area contributed by atoms with Gasteiger partial charge in [-0.3, -0.25) is 4.72 Å². The molecule has 35 heavy (non-hydrogen) atoms. The van der Waals surface area contributed by atoms with Gasteiger partial charge in [0.2, 0.25) is 0 Å². The van der Waals surface area contributed by atoms with Crippen LogP contribution in [0.25, 0.3) is 0 Å². The topological polar surface area (TPSA) is 98.8 Å². The molecule has 0 bridgehead atoms. The number of rotatable bonds is 15. The van der Waals surface area contributed by atoms with Crippen molar-refractivity contribution in [2.24, 2.45) is 0 Å². The van der Waals surface area contributed by atoms with Crippen LogP contribution in [0.2, 0.25) is 0 Å². The molecule has 0 aromatic heterocycles. The molecule has 0 aliphatic rings. The van der Waals surface area contributed by atoms with Crippen molar-refractivity contribution in [3.05, 3.63) is 59.2 Å². The van der Waals surface area contributed by atoms with Gasteiger partial charge in [0, 0.05) is 5.69 Å². The molecule has 1 N–H and O–H groups in total. The number of carbonyl (C=O) groups excluding carboxylic acids is 2. The molecule has 0 aliphatic carbocycles. The number of aryl methyl sites for hydroxylation is 1. The molecule has 8 heteroatoms. The van der Waals surface area contributed by atoms with Crippen LogP contribution in [0.3, 0.4) is 0 Å². The van der Waals surface area contributed by atoms with Crippen LogP contribution >= 0.6 is 0 Å².